The van der Waals surface area contributed by atoms with Gasteiger partial charge in [0.2, 0.25) is 0 Å². The molecule has 0 fully saturated rings. The van der Waals surface area contributed by atoms with Crippen molar-refractivity contribution in [3.05, 3.63) is 63.6 Å². The Bertz CT molecular complexity index is 995. The van der Waals surface area contributed by atoms with E-state index in [-0.39, 0.29) is 6.61 Å². The summed E-state index contributed by atoms with van der Waals surface area (Å²) in [5.41, 5.74) is 7.60. The van der Waals surface area contributed by atoms with Crippen molar-refractivity contribution in [1.82, 2.24) is 14.5 Å². The van der Waals surface area contributed by atoms with Gasteiger partial charge in [0.05, 0.1) is 0 Å². The Labute approximate surface area is 171 Å². The number of aliphatic hydroxyl groups excluding tert-OH is 1. The van der Waals surface area contributed by atoms with Crippen molar-refractivity contribution >= 4 is 22.5 Å². The van der Waals surface area contributed by atoms with E-state index < -0.39 is 0 Å². The lowest BCUT2D eigenvalue weighted by Crippen LogP contribution is -2.28. The van der Waals surface area contributed by atoms with E-state index >= 15 is 0 Å². The van der Waals surface area contributed by atoms with Crippen LogP contribution in [0.5, 0.6) is 0 Å². The van der Waals surface area contributed by atoms with E-state index in [0.717, 1.165) is 61.7 Å². The molecule has 148 valence electrons. The molecule has 0 spiro atoms. The minimum atomic E-state index is 0.206. The van der Waals surface area contributed by atoms with Gasteiger partial charge in [-0.15, -0.1) is 0 Å². The van der Waals surface area contributed by atoms with Gasteiger partial charge in [-0.25, -0.2) is 0 Å². The highest BCUT2D eigenvalue weighted by atomic mass is 35.5. The molecule has 2 aromatic heterocycles. The predicted octanol–water partition coefficient (Wildman–Crippen LogP) is 4.15. The summed E-state index contributed by atoms with van der Waals surface area (Å²) in [5.74, 6) is 0. The van der Waals surface area contributed by atoms with Gasteiger partial charge in [0.25, 0.3) is 0 Å². The minimum absolute atomic E-state index is 0.206. The van der Waals surface area contributed by atoms with Crippen molar-refractivity contribution in [2.45, 2.75) is 45.7 Å². The van der Waals surface area contributed by atoms with Crippen LogP contribution >= 0.6 is 11.6 Å². The van der Waals surface area contributed by atoms with Gasteiger partial charge in [0, 0.05) is 59.2 Å². The third-order valence-corrected chi connectivity index (χ3v) is 6.03. The summed E-state index contributed by atoms with van der Waals surface area (Å²) in [5, 5.41) is 11.3. The van der Waals surface area contributed by atoms with Crippen LogP contribution in [0.1, 0.15) is 34.6 Å². The molecule has 3 aromatic rings. The number of likely N-dealkylation sites (N-methyl/N-ethyl adjacent to an activating group) is 1. The molecular weight excluding hydrogens is 370 g/mol. The summed E-state index contributed by atoms with van der Waals surface area (Å²) in [6, 6.07) is 10.6. The maximum atomic E-state index is 9.22. The number of benzene rings is 1. The van der Waals surface area contributed by atoms with Crippen LogP contribution in [0, 0.1) is 6.92 Å². The summed E-state index contributed by atoms with van der Waals surface area (Å²) in [7, 11) is 2.19. The van der Waals surface area contributed by atoms with E-state index in [9.17, 15) is 5.11 Å². The third-order valence-electron chi connectivity index (χ3n) is 5.80. The number of pyridine rings is 1. The molecule has 1 aromatic carbocycles. The fourth-order valence-corrected chi connectivity index (χ4v) is 4.54. The maximum Gasteiger partial charge on any atom is 0.0486 e. The molecule has 28 heavy (non-hydrogen) atoms. The molecule has 1 aliphatic heterocycles. The van der Waals surface area contributed by atoms with Crippen LogP contribution in [0.25, 0.3) is 10.9 Å². The highest BCUT2D eigenvalue weighted by molar-refractivity contribution is 6.31. The molecule has 4 rings (SSSR count). The van der Waals surface area contributed by atoms with Gasteiger partial charge in [-0.3, -0.25) is 4.98 Å². The second kappa shape index (κ2) is 8.24. The molecule has 1 aliphatic rings. The first-order chi connectivity index (χ1) is 13.6. The minimum Gasteiger partial charge on any atom is -0.396 e. The van der Waals surface area contributed by atoms with E-state index in [0.29, 0.717) is 0 Å². The van der Waals surface area contributed by atoms with E-state index in [1.165, 1.54) is 27.7 Å². The van der Waals surface area contributed by atoms with Gasteiger partial charge in [0.1, 0.15) is 0 Å². The zero-order valence-electron chi connectivity index (χ0n) is 16.7. The summed E-state index contributed by atoms with van der Waals surface area (Å²) >= 11 is 6.31. The maximum absolute atomic E-state index is 9.22. The largest absolute Gasteiger partial charge is 0.396 e. The van der Waals surface area contributed by atoms with E-state index in [1.54, 1.807) is 0 Å². The molecular formula is C23H28ClN3O. The van der Waals surface area contributed by atoms with E-state index in [4.69, 9.17) is 16.6 Å². The Morgan fingerprint density at radius 2 is 2.04 bits per heavy atom. The van der Waals surface area contributed by atoms with Crippen LogP contribution in [0.3, 0.4) is 0 Å². The number of aliphatic hydroxyl groups is 1. The Morgan fingerprint density at radius 1 is 1.18 bits per heavy atom. The molecule has 0 saturated heterocycles. The molecule has 3 heterocycles. The van der Waals surface area contributed by atoms with Gasteiger partial charge >= 0.3 is 0 Å². The topological polar surface area (TPSA) is 41.3 Å². The van der Waals surface area contributed by atoms with Crippen LogP contribution in [0.2, 0.25) is 5.02 Å². The molecule has 0 aliphatic carbocycles. The van der Waals surface area contributed by atoms with Crippen LogP contribution in [0.15, 0.2) is 30.3 Å². The Kier molecular flexibility index (Phi) is 5.72. The van der Waals surface area contributed by atoms with Gasteiger partial charge in [-0.05, 0) is 75.0 Å². The normalized spacial score (nSPS) is 14.6. The smallest absolute Gasteiger partial charge is 0.0486 e. The van der Waals surface area contributed by atoms with Gasteiger partial charge in [-0.2, -0.15) is 0 Å². The fourth-order valence-electron chi connectivity index (χ4n) is 4.36. The number of halogens is 1. The van der Waals surface area contributed by atoms with Crippen molar-refractivity contribution in [1.29, 1.82) is 0 Å². The number of aryl methyl sites for hydroxylation is 4. The number of fused-ring (bicyclic) bond motifs is 3. The molecule has 0 amide bonds. The van der Waals surface area contributed by atoms with E-state index in [2.05, 4.69) is 40.8 Å². The van der Waals surface area contributed by atoms with Crippen molar-refractivity contribution in [2.75, 3.05) is 20.2 Å². The quantitative estimate of drug-likeness (QED) is 0.679. The standard InChI is InChI=1S/C23H28ClN3O/c1-16-5-6-17(21(25-16)4-3-13-28)9-12-27-22-8-7-18(24)14-20(22)19-10-11-26(2)15-23(19)27/h5-8,14,28H,3-4,9-13,15H2,1-2H3. The van der Waals surface area contributed by atoms with Gasteiger partial charge < -0.3 is 14.6 Å². The highest BCUT2D eigenvalue weighted by Crippen LogP contribution is 2.32. The lowest BCUT2D eigenvalue weighted by molar-refractivity contribution is 0.288. The molecule has 0 saturated carbocycles. The van der Waals surface area contributed by atoms with Crippen molar-refractivity contribution < 1.29 is 5.11 Å². The lowest BCUT2D eigenvalue weighted by Gasteiger charge is -2.24. The highest BCUT2D eigenvalue weighted by Gasteiger charge is 2.22. The van der Waals surface area contributed by atoms with E-state index in [1.807, 2.05) is 13.0 Å². The number of aromatic nitrogens is 2. The third kappa shape index (κ3) is 3.82. The predicted molar refractivity (Wildman–Crippen MR) is 115 cm³/mol. The number of hydrogen-bond donors (Lipinski definition) is 1. The number of hydrogen-bond acceptors (Lipinski definition) is 3. The van der Waals surface area contributed by atoms with Crippen molar-refractivity contribution in [3.8, 4) is 0 Å². The zero-order valence-corrected chi connectivity index (χ0v) is 17.5. The first kappa shape index (κ1) is 19.4. The second-order valence-corrected chi connectivity index (χ2v) is 8.30. The zero-order chi connectivity index (χ0) is 19.7. The summed E-state index contributed by atoms with van der Waals surface area (Å²) in [4.78, 5) is 7.13. The monoisotopic (exact) mass is 397 g/mol. The van der Waals surface area contributed by atoms with Gasteiger partial charge in [-0.1, -0.05) is 17.7 Å². The molecule has 1 N–H and O–H groups in total. The van der Waals surface area contributed by atoms with Crippen molar-refractivity contribution in [2.24, 2.45) is 0 Å². The average Bonchev–Trinajstić information content (AvgIpc) is 2.97. The molecule has 0 unspecified atom stereocenters. The number of rotatable bonds is 6. The molecule has 0 radical (unpaired) electrons. The molecule has 5 heteroatoms. The van der Waals surface area contributed by atoms with Crippen LogP contribution in [-0.4, -0.2) is 39.8 Å². The molecule has 0 atom stereocenters. The van der Waals surface area contributed by atoms with Crippen LogP contribution in [0.4, 0.5) is 0 Å². The Morgan fingerprint density at radius 3 is 2.86 bits per heavy atom. The summed E-state index contributed by atoms with van der Waals surface area (Å²) in [6.45, 7) is 5.23. The van der Waals surface area contributed by atoms with Crippen LogP contribution in [-0.2, 0) is 32.4 Å². The van der Waals surface area contributed by atoms with Gasteiger partial charge in [0.15, 0.2) is 0 Å². The molecule has 0 bridgehead atoms. The first-order valence-electron chi connectivity index (χ1n) is 10.1. The summed E-state index contributed by atoms with van der Waals surface area (Å²) < 4.78 is 2.48. The SMILES string of the molecule is Cc1ccc(CCn2c3c(c4cc(Cl)ccc42)CCN(C)C3)c(CCCO)n1. The van der Waals surface area contributed by atoms with Crippen LogP contribution < -0.4 is 0 Å². The fraction of sp³-hybridized carbons (Fsp3) is 0.435. The average molecular weight is 398 g/mol. The summed E-state index contributed by atoms with van der Waals surface area (Å²) in [6.07, 6.45) is 3.60. The second-order valence-electron chi connectivity index (χ2n) is 7.86. The lowest BCUT2D eigenvalue weighted by atomic mass is 10.0. The first-order valence-corrected chi connectivity index (χ1v) is 10.5. The Balaban J connectivity index is 1.68. The Hall–Kier alpha value is -1.88. The number of nitrogens with zero attached hydrogens (tertiary/aromatic N) is 3. The van der Waals surface area contributed by atoms with Crippen molar-refractivity contribution in [3.63, 3.8) is 0 Å². The molecule has 4 nitrogen and oxygen atoms in total.